The fourth-order valence-electron chi connectivity index (χ4n) is 2.59. The molecule has 5 nitrogen and oxygen atoms in total. The van der Waals surface area contributed by atoms with Crippen molar-refractivity contribution in [1.82, 2.24) is 9.97 Å². The van der Waals surface area contributed by atoms with E-state index in [-0.39, 0.29) is 6.10 Å². The van der Waals surface area contributed by atoms with Crippen LogP contribution in [0.15, 0.2) is 36.7 Å². The topological polar surface area (TPSA) is 70.3 Å². The van der Waals surface area contributed by atoms with Crippen molar-refractivity contribution >= 4 is 0 Å². The van der Waals surface area contributed by atoms with Gasteiger partial charge in [-0.2, -0.15) is 0 Å². The predicted molar refractivity (Wildman–Crippen MR) is 74.4 cm³/mol. The first-order valence-corrected chi connectivity index (χ1v) is 6.61. The third-order valence-electron chi connectivity index (χ3n) is 3.56. The lowest BCUT2D eigenvalue weighted by atomic mass is 9.92. The highest BCUT2D eigenvalue weighted by Crippen LogP contribution is 2.36. The van der Waals surface area contributed by atoms with Gasteiger partial charge in [0.05, 0.1) is 19.8 Å². The van der Waals surface area contributed by atoms with Crippen molar-refractivity contribution in [3.05, 3.63) is 53.5 Å². The summed E-state index contributed by atoms with van der Waals surface area (Å²) in [6, 6.07) is 7.81. The molecule has 0 radical (unpaired) electrons. The van der Waals surface area contributed by atoms with Crippen LogP contribution in [0, 0.1) is 0 Å². The Morgan fingerprint density at radius 1 is 1.30 bits per heavy atom. The average molecular weight is 271 g/mol. The van der Waals surface area contributed by atoms with Crippen LogP contribution in [-0.2, 0) is 11.2 Å². The first-order chi connectivity index (χ1) is 9.81. The van der Waals surface area contributed by atoms with Crippen molar-refractivity contribution in [1.29, 1.82) is 0 Å². The molecule has 0 spiro atoms. The number of benzene rings is 1. The summed E-state index contributed by atoms with van der Waals surface area (Å²) in [6.45, 7) is 0.665. The van der Waals surface area contributed by atoms with E-state index in [9.17, 15) is 0 Å². The summed E-state index contributed by atoms with van der Waals surface area (Å²) in [6.07, 6.45) is 3.90. The standard InChI is InChI=1S/C15H17N3O2/c1-19-15-13(17-7-8-18-15)12(16)14-11-5-3-2-4-10(11)6-9-20-14/h2-5,7-8,12,14H,6,9,16H2,1H3. The minimum Gasteiger partial charge on any atom is -0.480 e. The van der Waals surface area contributed by atoms with E-state index in [1.165, 1.54) is 5.56 Å². The van der Waals surface area contributed by atoms with Crippen LogP contribution in [0.3, 0.4) is 0 Å². The number of nitrogens with zero attached hydrogens (tertiary/aromatic N) is 2. The second-order valence-electron chi connectivity index (χ2n) is 4.72. The van der Waals surface area contributed by atoms with Gasteiger partial charge in [-0.1, -0.05) is 24.3 Å². The van der Waals surface area contributed by atoms with E-state index in [1.807, 2.05) is 12.1 Å². The van der Waals surface area contributed by atoms with Crippen LogP contribution in [0.4, 0.5) is 0 Å². The molecule has 2 heterocycles. The maximum atomic E-state index is 6.35. The van der Waals surface area contributed by atoms with Crippen molar-refractivity contribution in [2.24, 2.45) is 5.73 Å². The molecule has 1 aromatic heterocycles. The van der Waals surface area contributed by atoms with Crippen molar-refractivity contribution in [3.63, 3.8) is 0 Å². The van der Waals surface area contributed by atoms with Gasteiger partial charge in [-0.3, -0.25) is 4.98 Å². The maximum absolute atomic E-state index is 6.35. The Balaban J connectivity index is 1.97. The van der Waals surface area contributed by atoms with E-state index in [4.69, 9.17) is 15.2 Å². The Hall–Kier alpha value is -1.98. The number of hydrogen-bond acceptors (Lipinski definition) is 5. The van der Waals surface area contributed by atoms with Crippen LogP contribution in [0.5, 0.6) is 5.88 Å². The summed E-state index contributed by atoms with van der Waals surface area (Å²) < 4.78 is 11.1. The predicted octanol–water partition coefficient (Wildman–Crippen LogP) is 1.80. The number of ether oxygens (including phenoxy) is 2. The van der Waals surface area contributed by atoms with Crippen molar-refractivity contribution in [3.8, 4) is 5.88 Å². The van der Waals surface area contributed by atoms with E-state index in [1.54, 1.807) is 19.5 Å². The minimum atomic E-state index is -0.403. The molecule has 2 N–H and O–H groups in total. The second kappa shape index (κ2) is 5.56. The molecule has 2 aromatic rings. The van der Waals surface area contributed by atoms with Gasteiger partial charge in [-0.05, 0) is 17.5 Å². The molecule has 2 unspecified atom stereocenters. The molecule has 1 aliphatic rings. The number of hydrogen-bond donors (Lipinski definition) is 1. The van der Waals surface area contributed by atoms with Gasteiger partial charge < -0.3 is 15.2 Å². The fraction of sp³-hybridized carbons (Fsp3) is 0.333. The normalized spacial score (nSPS) is 19.2. The molecular formula is C15H17N3O2. The third kappa shape index (κ3) is 2.26. The first-order valence-electron chi connectivity index (χ1n) is 6.61. The van der Waals surface area contributed by atoms with Crippen LogP contribution in [0.2, 0.25) is 0 Å². The van der Waals surface area contributed by atoms with Gasteiger partial charge >= 0.3 is 0 Å². The Bertz CT molecular complexity index is 603. The molecular weight excluding hydrogens is 254 g/mol. The molecule has 0 bridgehead atoms. The van der Waals surface area contributed by atoms with Gasteiger partial charge in [0.25, 0.3) is 0 Å². The molecule has 3 rings (SSSR count). The summed E-state index contributed by atoms with van der Waals surface area (Å²) in [5, 5.41) is 0. The first kappa shape index (κ1) is 13.0. The Morgan fingerprint density at radius 2 is 2.10 bits per heavy atom. The van der Waals surface area contributed by atoms with Gasteiger partial charge in [0, 0.05) is 12.4 Å². The monoisotopic (exact) mass is 271 g/mol. The SMILES string of the molecule is COc1nccnc1C(N)C1OCCc2ccccc21. The molecule has 104 valence electrons. The van der Waals surface area contributed by atoms with E-state index in [0.29, 0.717) is 18.2 Å². The highest BCUT2D eigenvalue weighted by molar-refractivity contribution is 5.34. The summed E-state index contributed by atoms with van der Waals surface area (Å²) in [7, 11) is 1.57. The molecule has 0 aliphatic carbocycles. The number of fused-ring (bicyclic) bond motifs is 1. The quantitative estimate of drug-likeness (QED) is 0.921. The lowest BCUT2D eigenvalue weighted by Gasteiger charge is -2.30. The molecule has 20 heavy (non-hydrogen) atoms. The summed E-state index contributed by atoms with van der Waals surface area (Å²) in [4.78, 5) is 8.45. The van der Waals surface area contributed by atoms with Gasteiger partial charge in [-0.15, -0.1) is 0 Å². The minimum absolute atomic E-state index is 0.217. The van der Waals surface area contributed by atoms with Crippen molar-refractivity contribution < 1.29 is 9.47 Å². The van der Waals surface area contributed by atoms with Crippen molar-refractivity contribution in [2.45, 2.75) is 18.6 Å². The Morgan fingerprint density at radius 3 is 2.95 bits per heavy atom. The zero-order valence-electron chi connectivity index (χ0n) is 11.3. The van der Waals surface area contributed by atoms with Crippen LogP contribution in [0.1, 0.15) is 29.0 Å². The highest BCUT2D eigenvalue weighted by Gasteiger charge is 2.30. The number of methoxy groups -OCH3 is 1. The van der Waals surface area contributed by atoms with Gasteiger partial charge in [0.2, 0.25) is 5.88 Å². The van der Waals surface area contributed by atoms with E-state index in [0.717, 1.165) is 12.0 Å². The van der Waals surface area contributed by atoms with Crippen molar-refractivity contribution in [2.75, 3.05) is 13.7 Å². The van der Waals surface area contributed by atoms with E-state index < -0.39 is 6.04 Å². The maximum Gasteiger partial charge on any atom is 0.237 e. The lowest BCUT2D eigenvalue weighted by Crippen LogP contribution is -2.28. The third-order valence-corrected chi connectivity index (χ3v) is 3.56. The molecule has 5 heteroatoms. The van der Waals surface area contributed by atoms with E-state index in [2.05, 4.69) is 22.1 Å². The molecule has 0 amide bonds. The Kier molecular flexibility index (Phi) is 3.62. The smallest absolute Gasteiger partial charge is 0.237 e. The number of aromatic nitrogens is 2. The summed E-state index contributed by atoms with van der Waals surface area (Å²) in [5.41, 5.74) is 9.38. The fourth-order valence-corrected chi connectivity index (χ4v) is 2.59. The van der Waals surface area contributed by atoms with Gasteiger partial charge in [0.15, 0.2) is 0 Å². The molecule has 0 fully saturated rings. The summed E-state index contributed by atoms with van der Waals surface area (Å²) >= 11 is 0. The highest BCUT2D eigenvalue weighted by atomic mass is 16.5. The zero-order chi connectivity index (χ0) is 13.9. The second-order valence-corrected chi connectivity index (χ2v) is 4.72. The molecule has 1 aliphatic heterocycles. The largest absolute Gasteiger partial charge is 0.480 e. The summed E-state index contributed by atoms with van der Waals surface area (Å²) in [5.74, 6) is 0.451. The molecule has 2 atom stereocenters. The number of rotatable bonds is 3. The van der Waals surface area contributed by atoms with Crippen LogP contribution in [0.25, 0.3) is 0 Å². The molecule has 0 saturated carbocycles. The molecule has 0 saturated heterocycles. The Labute approximate surface area is 117 Å². The average Bonchev–Trinajstić information content (AvgIpc) is 2.53. The van der Waals surface area contributed by atoms with E-state index >= 15 is 0 Å². The molecule has 1 aromatic carbocycles. The van der Waals surface area contributed by atoms with Crippen LogP contribution < -0.4 is 10.5 Å². The van der Waals surface area contributed by atoms with Crippen LogP contribution in [-0.4, -0.2) is 23.7 Å². The zero-order valence-corrected chi connectivity index (χ0v) is 11.3. The van der Waals surface area contributed by atoms with Crippen LogP contribution >= 0.6 is 0 Å². The lowest BCUT2D eigenvalue weighted by molar-refractivity contribution is 0.0225. The number of nitrogens with two attached hydrogens (primary N) is 1. The van der Waals surface area contributed by atoms with Gasteiger partial charge in [0.1, 0.15) is 11.8 Å². The van der Waals surface area contributed by atoms with Gasteiger partial charge in [-0.25, -0.2) is 4.98 Å².